The lowest BCUT2D eigenvalue weighted by Gasteiger charge is -2.33. The second kappa shape index (κ2) is 7.95. The van der Waals surface area contributed by atoms with Crippen LogP contribution in [0.15, 0.2) is 0 Å². The van der Waals surface area contributed by atoms with E-state index in [1.807, 2.05) is 0 Å². The molecule has 5 heteroatoms. The molecule has 2 rings (SSSR count). The van der Waals surface area contributed by atoms with Crippen LogP contribution in [0.4, 0.5) is 0 Å². The van der Waals surface area contributed by atoms with Crippen LogP contribution in [-0.2, 0) is 14.3 Å². The summed E-state index contributed by atoms with van der Waals surface area (Å²) in [6.45, 7) is 5.09. The van der Waals surface area contributed by atoms with Crippen molar-refractivity contribution in [3.8, 4) is 0 Å². The molecule has 2 fully saturated rings. The first kappa shape index (κ1) is 17.3. The van der Waals surface area contributed by atoms with Crippen molar-refractivity contribution in [3.05, 3.63) is 0 Å². The second-order valence-corrected chi connectivity index (χ2v) is 7.24. The second-order valence-electron chi connectivity index (χ2n) is 7.24. The Hall–Kier alpha value is -1.10. The number of hydrogen-bond acceptors (Lipinski definition) is 3. The number of nitrogens with one attached hydrogen (secondary N) is 1. The third-order valence-corrected chi connectivity index (χ3v) is 4.90. The van der Waals surface area contributed by atoms with E-state index in [2.05, 4.69) is 19.2 Å². The summed E-state index contributed by atoms with van der Waals surface area (Å²) in [7, 11) is 0. The first-order chi connectivity index (χ1) is 10.5. The quantitative estimate of drug-likeness (QED) is 0.818. The molecule has 2 unspecified atom stereocenters. The zero-order valence-corrected chi connectivity index (χ0v) is 13.7. The van der Waals surface area contributed by atoms with E-state index >= 15 is 0 Å². The van der Waals surface area contributed by atoms with Gasteiger partial charge < -0.3 is 15.2 Å². The van der Waals surface area contributed by atoms with Crippen LogP contribution in [0, 0.1) is 17.8 Å². The molecule has 2 atom stereocenters. The molecular weight excluding hydrogens is 282 g/mol. The van der Waals surface area contributed by atoms with Gasteiger partial charge in [-0.1, -0.05) is 13.8 Å². The highest BCUT2D eigenvalue weighted by Crippen LogP contribution is 2.29. The maximum absolute atomic E-state index is 12.4. The molecule has 126 valence electrons. The molecule has 2 N–H and O–H groups in total. The Balaban J connectivity index is 1.76. The third kappa shape index (κ3) is 4.97. The summed E-state index contributed by atoms with van der Waals surface area (Å²) in [4.78, 5) is 23.3. The monoisotopic (exact) mass is 311 g/mol. The van der Waals surface area contributed by atoms with Crippen LogP contribution >= 0.6 is 0 Å². The minimum absolute atomic E-state index is 0.0120. The van der Waals surface area contributed by atoms with Crippen LogP contribution in [0.25, 0.3) is 0 Å². The predicted molar refractivity (Wildman–Crippen MR) is 83.4 cm³/mol. The van der Waals surface area contributed by atoms with E-state index in [1.54, 1.807) is 0 Å². The maximum atomic E-state index is 12.4. The van der Waals surface area contributed by atoms with E-state index in [4.69, 9.17) is 9.84 Å². The largest absolute Gasteiger partial charge is 0.481 e. The molecular formula is C17H29NO4. The molecule has 1 aliphatic heterocycles. The Kier molecular flexibility index (Phi) is 6.24. The zero-order chi connectivity index (χ0) is 16.1. The molecule has 0 aromatic heterocycles. The van der Waals surface area contributed by atoms with Gasteiger partial charge in [0.15, 0.2) is 0 Å². The number of aliphatic carboxylic acids is 1. The molecule has 1 saturated heterocycles. The fraction of sp³-hybridized carbons (Fsp3) is 0.882. The van der Waals surface area contributed by atoms with Crippen molar-refractivity contribution in [3.63, 3.8) is 0 Å². The Morgan fingerprint density at radius 3 is 2.36 bits per heavy atom. The number of ether oxygens (including phenoxy) is 1. The van der Waals surface area contributed by atoms with Crippen molar-refractivity contribution in [1.29, 1.82) is 0 Å². The van der Waals surface area contributed by atoms with Gasteiger partial charge in [0.1, 0.15) is 0 Å². The number of hydrogen-bond donors (Lipinski definition) is 2. The fourth-order valence-electron chi connectivity index (χ4n) is 3.62. The molecule has 0 aromatic rings. The maximum Gasteiger partial charge on any atom is 0.306 e. The fourth-order valence-corrected chi connectivity index (χ4v) is 3.62. The van der Waals surface area contributed by atoms with E-state index in [9.17, 15) is 9.59 Å². The van der Waals surface area contributed by atoms with Gasteiger partial charge in [-0.2, -0.15) is 0 Å². The van der Waals surface area contributed by atoms with Gasteiger partial charge in [-0.05, 0) is 50.9 Å². The van der Waals surface area contributed by atoms with Gasteiger partial charge in [-0.25, -0.2) is 0 Å². The molecule has 22 heavy (non-hydrogen) atoms. The molecule has 0 bridgehead atoms. The predicted octanol–water partition coefficient (Wildman–Crippen LogP) is 2.59. The van der Waals surface area contributed by atoms with Crippen LogP contribution in [-0.4, -0.2) is 35.7 Å². The summed E-state index contributed by atoms with van der Waals surface area (Å²) >= 11 is 0. The first-order valence-corrected chi connectivity index (χ1v) is 8.60. The number of rotatable bonds is 5. The molecule has 1 amide bonds. The van der Waals surface area contributed by atoms with Crippen LogP contribution in [0.3, 0.4) is 0 Å². The summed E-state index contributed by atoms with van der Waals surface area (Å²) in [5, 5.41) is 12.2. The van der Waals surface area contributed by atoms with Crippen molar-refractivity contribution in [1.82, 2.24) is 5.32 Å². The highest BCUT2D eigenvalue weighted by atomic mass is 16.5. The number of carbonyl (C=O) groups is 2. The van der Waals surface area contributed by atoms with E-state index in [1.165, 1.54) is 0 Å². The SMILES string of the molecule is CC(C)CC1CC(NC(=O)C2CCC(C(=O)O)CC2)CCO1. The lowest BCUT2D eigenvalue weighted by molar-refractivity contribution is -0.144. The van der Waals surface area contributed by atoms with Gasteiger partial charge >= 0.3 is 5.97 Å². The molecule has 1 heterocycles. The lowest BCUT2D eigenvalue weighted by Crippen LogP contribution is -2.45. The van der Waals surface area contributed by atoms with E-state index in [0.717, 1.165) is 19.3 Å². The minimum atomic E-state index is -0.722. The molecule has 1 saturated carbocycles. The lowest BCUT2D eigenvalue weighted by atomic mass is 9.81. The minimum Gasteiger partial charge on any atom is -0.481 e. The zero-order valence-electron chi connectivity index (χ0n) is 13.7. The molecule has 5 nitrogen and oxygen atoms in total. The Morgan fingerprint density at radius 2 is 1.77 bits per heavy atom. The smallest absolute Gasteiger partial charge is 0.306 e. The van der Waals surface area contributed by atoms with Crippen molar-refractivity contribution in [2.75, 3.05) is 6.61 Å². The van der Waals surface area contributed by atoms with Gasteiger partial charge in [0, 0.05) is 18.6 Å². The average molecular weight is 311 g/mol. The number of amides is 1. The molecule has 0 radical (unpaired) electrons. The standard InChI is InChI=1S/C17H29NO4/c1-11(2)9-15-10-14(7-8-22-15)18-16(19)12-3-5-13(6-4-12)17(20)21/h11-15H,3-10H2,1-2H3,(H,18,19)(H,20,21). The Labute approximate surface area is 132 Å². The van der Waals surface area contributed by atoms with Gasteiger partial charge in [0.25, 0.3) is 0 Å². The van der Waals surface area contributed by atoms with E-state index in [-0.39, 0.29) is 29.9 Å². The summed E-state index contributed by atoms with van der Waals surface area (Å²) in [6.07, 6.45) is 5.70. The summed E-state index contributed by atoms with van der Waals surface area (Å²) in [6, 6.07) is 0.210. The number of carboxylic acids is 1. The topological polar surface area (TPSA) is 75.6 Å². The molecule has 0 spiro atoms. The van der Waals surface area contributed by atoms with Crippen LogP contribution < -0.4 is 5.32 Å². The van der Waals surface area contributed by atoms with Crippen molar-refractivity contribution in [2.24, 2.45) is 17.8 Å². The third-order valence-electron chi connectivity index (χ3n) is 4.90. The highest BCUT2D eigenvalue weighted by Gasteiger charge is 2.31. The van der Waals surface area contributed by atoms with Crippen molar-refractivity contribution >= 4 is 11.9 Å². The average Bonchev–Trinajstić information content (AvgIpc) is 2.47. The van der Waals surface area contributed by atoms with Crippen molar-refractivity contribution in [2.45, 2.75) is 70.9 Å². The van der Waals surface area contributed by atoms with E-state index < -0.39 is 5.97 Å². The summed E-state index contributed by atoms with van der Waals surface area (Å²) < 4.78 is 5.77. The van der Waals surface area contributed by atoms with Gasteiger partial charge in [-0.15, -0.1) is 0 Å². The summed E-state index contributed by atoms with van der Waals surface area (Å²) in [5.74, 6) is -0.283. The van der Waals surface area contributed by atoms with E-state index in [0.29, 0.717) is 38.2 Å². The van der Waals surface area contributed by atoms with Crippen LogP contribution in [0.5, 0.6) is 0 Å². The van der Waals surface area contributed by atoms with Gasteiger partial charge in [-0.3, -0.25) is 9.59 Å². The molecule has 2 aliphatic rings. The highest BCUT2D eigenvalue weighted by molar-refractivity contribution is 5.79. The molecule has 1 aliphatic carbocycles. The van der Waals surface area contributed by atoms with Gasteiger partial charge in [0.05, 0.1) is 12.0 Å². The molecule has 0 aromatic carbocycles. The van der Waals surface area contributed by atoms with Crippen LogP contribution in [0.2, 0.25) is 0 Å². The van der Waals surface area contributed by atoms with Crippen molar-refractivity contribution < 1.29 is 19.4 Å². The van der Waals surface area contributed by atoms with Gasteiger partial charge in [0.2, 0.25) is 5.91 Å². The Morgan fingerprint density at radius 1 is 1.14 bits per heavy atom. The number of carboxylic acid groups (broad SMARTS) is 1. The first-order valence-electron chi connectivity index (χ1n) is 8.60. The normalized spacial score (nSPS) is 32.7. The summed E-state index contributed by atoms with van der Waals surface area (Å²) in [5.41, 5.74) is 0. The van der Waals surface area contributed by atoms with Crippen LogP contribution in [0.1, 0.15) is 58.8 Å². The Bertz CT molecular complexity index is 388. The number of carbonyl (C=O) groups excluding carboxylic acids is 1.